The second kappa shape index (κ2) is 5.67. The summed E-state index contributed by atoms with van der Waals surface area (Å²) >= 11 is 2.09. The maximum atomic E-state index is 8.50. The Morgan fingerprint density at radius 1 is 1.45 bits per heavy atom. The van der Waals surface area contributed by atoms with Gasteiger partial charge in [-0.25, -0.2) is 0 Å². The van der Waals surface area contributed by atoms with Gasteiger partial charge in [-0.3, -0.25) is 0 Å². The molecular formula is C9H16OS. The minimum atomic E-state index is 0.286. The molecule has 0 saturated carbocycles. The fourth-order valence-corrected chi connectivity index (χ4v) is 2.52. The minimum Gasteiger partial charge on any atom is -0.396 e. The maximum absolute atomic E-state index is 8.50. The SMILES string of the molecule is OCC/C=C\CC1CCCS1. The van der Waals surface area contributed by atoms with Crippen molar-refractivity contribution in [2.75, 3.05) is 12.4 Å². The zero-order chi connectivity index (χ0) is 7.94. The van der Waals surface area contributed by atoms with Gasteiger partial charge in [0.15, 0.2) is 0 Å². The molecule has 11 heavy (non-hydrogen) atoms. The van der Waals surface area contributed by atoms with E-state index in [4.69, 9.17) is 5.11 Å². The Bertz CT molecular complexity index is 117. The van der Waals surface area contributed by atoms with Gasteiger partial charge in [0.05, 0.1) is 0 Å². The van der Waals surface area contributed by atoms with Crippen LogP contribution in [0.4, 0.5) is 0 Å². The summed E-state index contributed by atoms with van der Waals surface area (Å²) in [6.45, 7) is 0.286. The molecule has 0 aliphatic carbocycles. The molecule has 1 atom stereocenters. The van der Waals surface area contributed by atoms with E-state index in [1.54, 1.807) is 0 Å². The zero-order valence-corrected chi connectivity index (χ0v) is 7.65. The predicted octanol–water partition coefficient (Wildman–Crippen LogP) is 2.21. The van der Waals surface area contributed by atoms with Gasteiger partial charge in [-0.1, -0.05) is 12.2 Å². The lowest BCUT2D eigenvalue weighted by Gasteiger charge is -2.01. The van der Waals surface area contributed by atoms with Crippen LogP contribution in [0, 0.1) is 0 Å². The van der Waals surface area contributed by atoms with Gasteiger partial charge < -0.3 is 5.11 Å². The molecule has 2 heteroatoms. The van der Waals surface area contributed by atoms with Crippen molar-refractivity contribution in [2.24, 2.45) is 0 Å². The monoisotopic (exact) mass is 172 g/mol. The molecule has 64 valence electrons. The quantitative estimate of drug-likeness (QED) is 0.656. The van der Waals surface area contributed by atoms with E-state index in [0.29, 0.717) is 0 Å². The van der Waals surface area contributed by atoms with Crippen LogP contribution in [0.15, 0.2) is 12.2 Å². The number of hydrogen-bond donors (Lipinski definition) is 1. The first-order valence-electron chi connectivity index (χ1n) is 4.31. The molecule has 0 aromatic rings. The average Bonchev–Trinajstić information content (AvgIpc) is 2.50. The van der Waals surface area contributed by atoms with Crippen molar-refractivity contribution < 1.29 is 5.11 Å². The van der Waals surface area contributed by atoms with Gasteiger partial charge >= 0.3 is 0 Å². The van der Waals surface area contributed by atoms with E-state index in [-0.39, 0.29) is 6.61 Å². The number of hydrogen-bond acceptors (Lipinski definition) is 2. The Labute approximate surface area is 72.9 Å². The number of aliphatic hydroxyl groups is 1. The number of thioether (sulfide) groups is 1. The lowest BCUT2D eigenvalue weighted by Crippen LogP contribution is -1.92. The molecule has 1 N–H and O–H groups in total. The molecule has 0 radical (unpaired) electrons. The molecule has 0 bridgehead atoms. The molecule has 1 aliphatic rings. The van der Waals surface area contributed by atoms with E-state index in [0.717, 1.165) is 11.7 Å². The van der Waals surface area contributed by atoms with Crippen molar-refractivity contribution in [1.29, 1.82) is 0 Å². The summed E-state index contributed by atoms with van der Waals surface area (Å²) in [6, 6.07) is 0. The third-order valence-electron chi connectivity index (χ3n) is 1.89. The first-order chi connectivity index (χ1) is 5.43. The van der Waals surface area contributed by atoms with Crippen LogP contribution in [0.5, 0.6) is 0 Å². The van der Waals surface area contributed by atoms with Crippen molar-refractivity contribution in [3.63, 3.8) is 0 Å². The van der Waals surface area contributed by atoms with Crippen molar-refractivity contribution in [3.8, 4) is 0 Å². The molecule has 1 nitrogen and oxygen atoms in total. The lowest BCUT2D eigenvalue weighted by molar-refractivity contribution is 0.302. The van der Waals surface area contributed by atoms with Crippen LogP contribution < -0.4 is 0 Å². The van der Waals surface area contributed by atoms with E-state index in [2.05, 4.69) is 23.9 Å². The van der Waals surface area contributed by atoms with Crippen LogP contribution in [0.3, 0.4) is 0 Å². The van der Waals surface area contributed by atoms with Crippen LogP contribution in [-0.2, 0) is 0 Å². The van der Waals surface area contributed by atoms with Gasteiger partial charge in [-0.2, -0.15) is 11.8 Å². The standard InChI is InChI=1S/C9H16OS/c10-7-3-1-2-5-9-6-4-8-11-9/h1-2,9-10H,3-8H2/b2-1-. The first kappa shape index (κ1) is 9.14. The molecule has 1 aliphatic heterocycles. The molecule has 1 saturated heterocycles. The van der Waals surface area contributed by atoms with E-state index in [1.165, 1.54) is 25.0 Å². The molecule has 0 aromatic heterocycles. The number of aliphatic hydroxyl groups excluding tert-OH is 1. The third kappa shape index (κ3) is 3.82. The Morgan fingerprint density at radius 2 is 2.36 bits per heavy atom. The maximum Gasteiger partial charge on any atom is 0.0465 e. The van der Waals surface area contributed by atoms with E-state index >= 15 is 0 Å². The second-order valence-corrected chi connectivity index (χ2v) is 4.26. The van der Waals surface area contributed by atoms with Crippen molar-refractivity contribution >= 4 is 11.8 Å². The highest BCUT2D eigenvalue weighted by atomic mass is 32.2. The van der Waals surface area contributed by atoms with Gasteiger partial charge in [0.2, 0.25) is 0 Å². The Balaban J connectivity index is 2.01. The molecular weight excluding hydrogens is 156 g/mol. The Morgan fingerprint density at radius 3 is 3.00 bits per heavy atom. The minimum absolute atomic E-state index is 0.286. The average molecular weight is 172 g/mol. The summed E-state index contributed by atoms with van der Waals surface area (Å²) in [4.78, 5) is 0. The molecule has 1 heterocycles. The molecule has 0 amide bonds. The first-order valence-corrected chi connectivity index (χ1v) is 5.36. The van der Waals surface area contributed by atoms with Crippen LogP contribution in [0.1, 0.15) is 25.7 Å². The summed E-state index contributed by atoms with van der Waals surface area (Å²) in [6.07, 6.45) is 9.08. The molecule has 1 rings (SSSR count). The smallest absolute Gasteiger partial charge is 0.0465 e. The van der Waals surface area contributed by atoms with Gasteiger partial charge in [0.1, 0.15) is 0 Å². The van der Waals surface area contributed by atoms with Gasteiger partial charge in [-0.15, -0.1) is 0 Å². The Hall–Kier alpha value is 0.0500. The van der Waals surface area contributed by atoms with Crippen molar-refractivity contribution in [2.45, 2.75) is 30.9 Å². The van der Waals surface area contributed by atoms with E-state index in [1.807, 2.05) is 0 Å². The third-order valence-corrected chi connectivity index (χ3v) is 3.31. The largest absolute Gasteiger partial charge is 0.396 e. The van der Waals surface area contributed by atoms with Crippen LogP contribution >= 0.6 is 11.8 Å². The fraction of sp³-hybridized carbons (Fsp3) is 0.778. The summed E-state index contributed by atoms with van der Waals surface area (Å²) in [5.41, 5.74) is 0. The van der Waals surface area contributed by atoms with Crippen LogP contribution in [-0.4, -0.2) is 22.7 Å². The van der Waals surface area contributed by atoms with Crippen molar-refractivity contribution in [3.05, 3.63) is 12.2 Å². The Kier molecular flexibility index (Phi) is 4.71. The summed E-state index contributed by atoms with van der Waals surface area (Å²) < 4.78 is 0. The van der Waals surface area contributed by atoms with E-state index < -0.39 is 0 Å². The van der Waals surface area contributed by atoms with Crippen molar-refractivity contribution in [1.82, 2.24) is 0 Å². The van der Waals surface area contributed by atoms with Crippen LogP contribution in [0.2, 0.25) is 0 Å². The summed E-state index contributed by atoms with van der Waals surface area (Å²) in [5, 5.41) is 9.37. The summed E-state index contributed by atoms with van der Waals surface area (Å²) in [5.74, 6) is 1.35. The summed E-state index contributed by atoms with van der Waals surface area (Å²) in [7, 11) is 0. The number of rotatable bonds is 4. The second-order valence-electron chi connectivity index (χ2n) is 2.85. The molecule has 0 aromatic carbocycles. The topological polar surface area (TPSA) is 20.2 Å². The highest BCUT2D eigenvalue weighted by Crippen LogP contribution is 2.28. The zero-order valence-electron chi connectivity index (χ0n) is 6.83. The molecule has 1 unspecified atom stereocenters. The highest BCUT2D eigenvalue weighted by molar-refractivity contribution is 8.00. The fourth-order valence-electron chi connectivity index (χ4n) is 1.27. The highest BCUT2D eigenvalue weighted by Gasteiger charge is 2.12. The molecule has 0 spiro atoms. The van der Waals surface area contributed by atoms with E-state index in [9.17, 15) is 0 Å². The van der Waals surface area contributed by atoms with Gasteiger partial charge in [0, 0.05) is 11.9 Å². The van der Waals surface area contributed by atoms with Gasteiger partial charge in [0.25, 0.3) is 0 Å². The normalized spacial score (nSPS) is 25.0. The number of allylic oxidation sites excluding steroid dienone is 1. The predicted molar refractivity (Wildman–Crippen MR) is 50.9 cm³/mol. The van der Waals surface area contributed by atoms with Gasteiger partial charge in [-0.05, 0) is 31.4 Å². The molecule has 1 fully saturated rings. The van der Waals surface area contributed by atoms with Crippen LogP contribution in [0.25, 0.3) is 0 Å². The lowest BCUT2D eigenvalue weighted by atomic mass is 10.2.